The van der Waals surface area contributed by atoms with Crippen LogP contribution >= 0.6 is 11.6 Å². The largest absolute Gasteiger partial charge is 0.204 e. The van der Waals surface area contributed by atoms with Crippen LogP contribution in [0.25, 0.3) is 0 Å². The molecule has 0 aliphatic carbocycles. The summed E-state index contributed by atoms with van der Waals surface area (Å²) < 4.78 is 39.3. The molecule has 0 saturated carbocycles. The SMILES string of the molecule is Fc1ccc(C(Cl)c2ccccc2)c(F)c1F. The van der Waals surface area contributed by atoms with Gasteiger partial charge in [0.15, 0.2) is 17.5 Å². The summed E-state index contributed by atoms with van der Waals surface area (Å²) in [6.45, 7) is 0. The summed E-state index contributed by atoms with van der Waals surface area (Å²) in [6.07, 6.45) is 0. The van der Waals surface area contributed by atoms with Gasteiger partial charge < -0.3 is 0 Å². The lowest BCUT2D eigenvalue weighted by Gasteiger charge is -2.11. The molecule has 2 aromatic rings. The van der Waals surface area contributed by atoms with Crippen molar-refractivity contribution in [3.05, 3.63) is 71.0 Å². The minimum absolute atomic E-state index is 0.0724. The van der Waals surface area contributed by atoms with Crippen molar-refractivity contribution in [2.24, 2.45) is 0 Å². The van der Waals surface area contributed by atoms with Gasteiger partial charge in [0, 0.05) is 5.56 Å². The van der Waals surface area contributed by atoms with Crippen LogP contribution in [-0.2, 0) is 0 Å². The second-order valence-corrected chi connectivity index (χ2v) is 3.97. The molecule has 0 N–H and O–H groups in total. The van der Waals surface area contributed by atoms with Gasteiger partial charge >= 0.3 is 0 Å². The van der Waals surface area contributed by atoms with Gasteiger partial charge in [0.25, 0.3) is 0 Å². The number of rotatable bonds is 2. The molecular formula is C13H8ClF3. The van der Waals surface area contributed by atoms with Gasteiger partial charge in [0.2, 0.25) is 0 Å². The Morgan fingerprint density at radius 1 is 0.824 bits per heavy atom. The van der Waals surface area contributed by atoms with Crippen molar-refractivity contribution < 1.29 is 13.2 Å². The van der Waals surface area contributed by atoms with Gasteiger partial charge in [-0.2, -0.15) is 0 Å². The van der Waals surface area contributed by atoms with Crippen molar-refractivity contribution in [1.82, 2.24) is 0 Å². The summed E-state index contributed by atoms with van der Waals surface area (Å²) in [5, 5.41) is -0.841. The van der Waals surface area contributed by atoms with E-state index in [4.69, 9.17) is 11.6 Å². The Morgan fingerprint density at radius 2 is 1.47 bits per heavy atom. The molecule has 2 aromatic carbocycles. The first-order chi connectivity index (χ1) is 8.11. The fraction of sp³-hybridized carbons (Fsp3) is 0.0769. The third-order valence-corrected chi connectivity index (χ3v) is 2.92. The maximum absolute atomic E-state index is 13.5. The average molecular weight is 257 g/mol. The highest BCUT2D eigenvalue weighted by atomic mass is 35.5. The van der Waals surface area contributed by atoms with Gasteiger partial charge in [-0.3, -0.25) is 0 Å². The summed E-state index contributed by atoms with van der Waals surface area (Å²) >= 11 is 6.03. The van der Waals surface area contributed by atoms with Crippen molar-refractivity contribution in [3.8, 4) is 0 Å². The van der Waals surface area contributed by atoms with Crippen LogP contribution in [0.1, 0.15) is 16.5 Å². The number of hydrogen-bond acceptors (Lipinski definition) is 0. The van der Waals surface area contributed by atoms with Gasteiger partial charge in [0.1, 0.15) is 0 Å². The monoisotopic (exact) mass is 256 g/mol. The third-order valence-electron chi connectivity index (χ3n) is 2.43. The van der Waals surface area contributed by atoms with Crippen LogP contribution in [0.2, 0.25) is 0 Å². The lowest BCUT2D eigenvalue weighted by atomic mass is 10.0. The van der Waals surface area contributed by atoms with Crippen LogP contribution < -0.4 is 0 Å². The molecule has 0 aromatic heterocycles. The van der Waals surface area contributed by atoms with Gasteiger partial charge in [-0.15, -0.1) is 11.6 Å². The second kappa shape index (κ2) is 4.80. The van der Waals surface area contributed by atoms with Gasteiger partial charge in [-0.05, 0) is 11.6 Å². The third kappa shape index (κ3) is 2.29. The number of halogens is 4. The van der Waals surface area contributed by atoms with E-state index in [1.165, 1.54) is 0 Å². The Bertz CT molecular complexity index is 526. The second-order valence-electron chi connectivity index (χ2n) is 3.54. The highest BCUT2D eigenvalue weighted by Crippen LogP contribution is 2.31. The summed E-state index contributed by atoms with van der Waals surface area (Å²) in [7, 11) is 0. The molecule has 4 heteroatoms. The van der Waals surface area contributed by atoms with E-state index in [0.29, 0.717) is 5.56 Å². The molecule has 0 nitrogen and oxygen atoms in total. The zero-order chi connectivity index (χ0) is 12.4. The van der Waals surface area contributed by atoms with Crippen molar-refractivity contribution in [2.45, 2.75) is 5.38 Å². The molecule has 1 atom stereocenters. The van der Waals surface area contributed by atoms with E-state index in [2.05, 4.69) is 0 Å². The normalized spacial score (nSPS) is 12.5. The molecular weight excluding hydrogens is 249 g/mol. The quantitative estimate of drug-likeness (QED) is 0.551. The smallest absolute Gasteiger partial charge is 0.194 e. The topological polar surface area (TPSA) is 0 Å². The minimum Gasteiger partial charge on any atom is -0.204 e. The predicted molar refractivity (Wildman–Crippen MR) is 60.5 cm³/mol. The molecule has 0 aliphatic rings. The first kappa shape index (κ1) is 12.0. The highest BCUT2D eigenvalue weighted by Gasteiger charge is 2.20. The fourth-order valence-corrected chi connectivity index (χ4v) is 1.85. The van der Waals surface area contributed by atoms with E-state index >= 15 is 0 Å². The van der Waals surface area contributed by atoms with Crippen LogP contribution in [0.15, 0.2) is 42.5 Å². The minimum atomic E-state index is -1.50. The summed E-state index contributed by atoms with van der Waals surface area (Å²) in [5.74, 6) is -3.96. The number of benzene rings is 2. The molecule has 0 radical (unpaired) electrons. The first-order valence-electron chi connectivity index (χ1n) is 4.93. The molecule has 0 fully saturated rings. The van der Waals surface area contributed by atoms with Crippen molar-refractivity contribution >= 4 is 11.6 Å². The standard InChI is InChI=1S/C13H8ClF3/c14-11(8-4-2-1-3-5-8)9-6-7-10(15)13(17)12(9)16/h1-7,11H. The number of hydrogen-bond donors (Lipinski definition) is 0. The van der Waals surface area contributed by atoms with Crippen molar-refractivity contribution in [2.75, 3.05) is 0 Å². The summed E-state index contributed by atoms with van der Waals surface area (Å²) in [4.78, 5) is 0. The summed E-state index contributed by atoms with van der Waals surface area (Å²) in [5.41, 5.74) is 0.552. The molecule has 0 spiro atoms. The molecule has 2 rings (SSSR count). The fourth-order valence-electron chi connectivity index (χ4n) is 1.54. The van der Waals surface area contributed by atoms with Gasteiger partial charge in [-0.25, -0.2) is 13.2 Å². The Hall–Kier alpha value is -1.48. The average Bonchev–Trinajstić information content (AvgIpc) is 2.36. The van der Waals surface area contributed by atoms with E-state index in [-0.39, 0.29) is 5.56 Å². The summed E-state index contributed by atoms with van der Waals surface area (Å²) in [6, 6.07) is 10.7. The van der Waals surface area contributed by atoms with E-state index in [1.54, 1.807) is 30.3 Å². The molecule has 0 amide bonds. The van der Waals surface area contributed by atoms with Crippen LogP contribution in [0.5, 0.6) is 0 Å². The van der Waals surface area contributed by atoms with E-state index in [9.17, 15) is 13.2 Å². The van der Waals surface area contributed by atoms with Crippen LogP contribution in [0.3, 0.4) is 0 Å². The van der Waals surface area contributed by atoms with E-state index in [1.807, 2.05) is 0 Å². The Balaban J connectivity index is 2.45. The van der Waals surface area contributed by atoms with Crippen LogP contribution in [-0.4, -0.2) is 0 Å². The molecule has 0 bridgehead atoms. The van der Waals surface area contributed by atoms with E-state index in [0.717, 1.165) is 12.1 Å². The van der Waals surface area contributed by atoms with Crippen molar-refractivity contribution in [3.63, 3.8) is 0 Å². The first-order valence-corrected chi connectivity index (χ1v) is 5.37. The molecule has 88 valence electrons. The van der Waals surface area contributed by atoms with Gasteiger partial charge in [0.05, 0.1) is 5.38 Å². The van der Waals surface area contributed by atoms with Gasteiger partial charge in [-0.1, -0.05) is 36.4 Å². The van der Waals surface area contributed by atoms with Crippen LogP contribution in [0.4, 0.5) is 13.2 Å². The lowest BCUT2D eigenvalue weighted by Crippen LogP contribution is -2.01. The van der Waals surface area contributed by atoms with E-state index < -0.39 is 22.8 Å². The zero-order valence-corrected chi connectivity index (χ0v) is 9.39. The molecule has 1 unspecified atom stereocenters. The van der Waals surface area contributed by atoms with Crippen LogP contribution in [0, 0.1) is 17.5 Å². The molecule has 0 heterocycles. The Kier molecular flexibility index (Phi) is 3.38. The Labute approximate surface area is 102 Å². The lowest BCUT2D eigenvalue weighted by molar-refractivity contribution is 0.441. The number of alkyl halides is 1. The molecule has 0 saturated heterocycles. The predicted octanol–water partition coefficient (Wildman–Crippen LogP) is 4.43. The van der Waals surface area contributed by atoms with Crippen molar-refractivity contribution in [1.29, 1.82) is 0 Å². The Morgan fingerprint density at radius 3 is 2.12 bits per heavy atom. The molecule has 17 heavy (non-hydrogen) atoms. The maximum atomic E-state index is 13.5. The zero-order valence-electron chi connectivity index (χ0n) is 8.63. The highest BCUT2D eigenvalue weighted by molar-refractivity contribution is 6.22. The molecule has 0 aliphatic heterocycles. The maximum Gasteiger partial charge on any atom is 0.194 e.